The van der Waals surface area contributed by atoms with Crippen molar-refractivity contribution in [3.05, 3.63) is 29.3 Å². The molecule has 7 heteroatoms. The van der Waals surface area contributed by atoms with Gasteiger partial charge in [-0.3, -0.25) is 4.79 Å². The lowest BCUT2D eigenvalue weighted by Crippen LogP contribution is -2.17. The molecule has 2 aromatic rings. The Morgan fingerprint density at radius 1 is 1.43 bits per heavy atom. The van der Waals surface area contributed by atoms with E-state index in [1.807, 2.05) is 31.4 Å². The molecule has 0 radical (unpaired) electrons. The number of thiazole rings is 1. The van der Waals surface area contributed by atoms with Crippen LogP contribution < -0.4 is 5.32 Å². The average Bonchev–Trinajstić information content (AvgIpc) is 2.82. The molecular weight excluding hydrogens is 326 g/mol. The van der Waals surface area contributed by atoms with Crippen LogP contribution in [0.2, 0.25) is 5.02 Å². The number of thiocyanates is 1. The van der Waals surface area contributed by atoms with Gasteiger partial charge < -0.3 is 5.32 Å². The van der Waals surface area contributed by atoms with Crippen molar-refractivity contribution in [2.45, 2.75) is 18.1 Å². The van der Waals surface area contributed by atoms with E-state index < -0.39 is 0 Å². The topological polar surface area (TPSA) is 65.8 Å². The zero-order chi connectivity index (χ0) is 15.4. The maximum atomic E-state index is 11.7. The van der Waals surface area contributed by atoms with Crippen molar-refractivity contribution in [2.75, 3.05) is 5.32 Å². The van der Waals surface area contributed by atoms with Crippen LogP contribution >= 0.6 is 34.7 Å². The second-order valence-corrected chi connectivity index (χ2v) is 6.99. The lowest BCUT2D eigenvalue weighted by atomic mass is 10.2. The highest BCUT2D eigenvalue weighted by atomic mass is 35.5. The van der Waals surface area contributed by atoms with Gasteiger partial charge in [-0.15, -0.1) is 0 Å². The maximum absolute atomic E-state index is 11.7. The van der Waals surface area contributed by atoms with Crippen molar-refractivity contribution in [2.24, 2.45) is 5.92 Å². The Balaban J connectivity index is 2.36. The van der Waals surface area contributed by atoms with Crippen molar-refractivity contribution in [3.8, 4) is 16.7 Å². The lowest BCUT2D eigenvalue weighted by molar-refractivity contribution is -0.118. The fourth-order valence-corrected chi connectivity index (χ4v) is 3.22. The minimum atomic E-state index is -0.125. The maximum Gasteiger partial charge on any atom is 0.228 e. The standard InChI is InChI=1S/C14H12ClN3OS2/c1-8(2)12(19)18-14-17-11(13(21-14)20-7-16)9-3-5-10(15)6-4-9/h3-6,8H,1-2H3,(H,17,18,19). The molecule has 0 atom stereocenters. The Morgan fingerprint density at radius 2 is 2.10 bits per heavy atom. The number of nitrogens with zero attached hydrogens (tertiary/aromatic N) is 2. The summed E-state index contributed by atoms with van der Waals surface area (Å²) in [5.41, 5.74) is 1.54. The third-order valence-electron chi connectivity index (χ3n) is 2.61. The van der Waals surface area contributed by atoms with Gasteiger partial charge in [-0.2, -0.15) is 5.26 Å². The predicted molar refractivity (Wildman–Crippen MR) is 87.5 cm³/mol. The minimum absolute atomic E-state index is 0.0973. The Bertz CT molecular complexity index is 689. The monoisotopic (exact) mass is 337 g/mol. The zero-order valence-electron chi connectivity index (χ0n) is 11.4. The van der Waals surface area contributed by atoms with Gasteiger partial charge in [0.25, 0.3) is 0 Å². The number of anilines is 1. The van der Waals surface area contributed by atoms with E-state index in [9.17, 15) is 4.79 Å². The molecule has 1 aromatic carbocycles. The third-order valence-corrected chi connectivity index (χ3v) is 4.59. The number of benzene rings is 1. The summed E-state index contributed by atoms with van der Waals surface area (Å²) in [6, 6.07) is 7.21. The van der Waals surface area contributed by atoms with E-state index in [1.165, 1.54) is 11.3 Å². The van der Waals surface area contributed by atoms with Gasteiger partial charge in [0.15, 0.2) is 5.13 Å². The number of thioether (sulfide) groups is 1. The third kappa shape index (κ3) is 3.97. The van der Waals surface area contributed by atoms with Gasteiger partial charge in [-0.25, -0.2) is 4.98 Å². The molecule has 21 heavy (non-hydrogen) atoms. The zero-order valence-corrected chi connectivity index (χ0v) is 13.8. The van der Waals surface area contributed by atoms with Crippen molar-refractivity contribution in [1.82, 2.24) is 4.98 Å². The molecule has 0 fully saturated rings. The SMILES string of the molecule is CC(C)C(=O)Nc1nc(-c2ccc(Cl)cc2)c(SC#N)s1. The quantitative estimate of drug-likeness (QED) is 0.652. The molecule has 0 aliphatic carbocycles. The number of carbonyl (C=O) groups is 1. The van der Waals surface area contributed by atoms with Crippen LogP contribution in [-0.4, -0.2) is 10.9 Å². The largest absolute Gasteiger partial charge is 0.302 e. The van der Waals surface area contributed by atoms with E-state index in [0.717, 1.165) is 21.5 Å². The van der Waals surface area contributed by atoms with E-state index >= 15 is 0 Å². The first-order chi connectivity index (χ1) is 10.0. The van der Waals surface area contributed by atoms with Crippen molar-refractivity contribution in [1.29, 1.82) is 5.26 Å². The Morgan fingerprint density at radius 3 is 2.67 bits per heavy atom. The molecule has 0 unspecified atom stereocenters. The van der Waals surface area contributed by atoms with Crippen LogP contribution in [0.5, 0.6) is 0 Å². The molecule has 1 heterocycles. The summed E-state index contributed by atoms with van der Waals surface area (Å²) in [7, 11) is 0. The number of aromatic nitrogens is 1. The minimum Gasteiger partial charge on any atom is -0.302 e. The molecule has 0 bridgehead atoms. The first-order valence-electron chi connectivity index (χ1n) is 6.15. The fraction of sp³-hybridized carbons (Fsp3) is 0.214. The summed E-state index contributed by atoms with van der Waals surface area (Å²) in [5.74, 6) is -0.222. The van der Waals surface area contributed by atoms with Crippen LogP contribution in [0.25, 0.3) is 11.3 Å². The number of nitriles is 1. The van der Waals surface area contributed by atoms with Gasteiger partial charge in [0.1, 0.15) is 9.61 Å². The highest BCUT2D eigenvalue weighted by Gasteiger charge is 2.16. The van der Waals surface area contributed by atoms with E-state index in [-0.39, 0.29) is 11.8 Å². The van der Waals surface area contributed by atoms with Crippen LogP contribution in [0, 0.1) is 16.6 Å². The average molecular weight is 338 g/mol. The highest BCUT2D eigenvalue weighted by molar-refractivity contribution is 8.05. The van der Waals surface area contributed by atoms with Gasteiger partial charge in [-0.1, -0.05) is 48.9 Å². The molecule has 0 saturated carbocycles. The van der Waals surface area contributed by atoms with Crippen LogP contribution in [0.15, 0.2) is 28.5 Å². The molecule has 4 nitrogen and oxygen atoms in total. The van der Waals surface area contributed by atoms with Crippen LogP contribution in [0.1, 0.15) is 13.8 Å². The van der Waals surface area contributed by atoms with Crippen molar-refractivity contribution >= 4 is 45.7 Å². The highest BCUT2D eigenvalue weighted by Crippen LogP contribution is 2.38. The predicted octanol–water partition coefficient (Wildman–Crippen LogP) is 4.63. The second-order valence-electron chi connectivity index (χ2n) is 4.50. The molecule has 108 valence electrons. The van der Waals surface area contributed by atoms with Crippen LogP contribution in [0.4, 0.5) is 5.13 Å². The van der Waals surface area contributed by atoms with Crippen molar-refractivity contribution < 1.29 is 4.79 Å². The van der Waals surface area contributed by atoms with Gasteiger partial charge in [0.05, 0.1) is 5.69 Å². The molecule has 0 aliphatic heterocycles. The van der Waals surface area contributed by atoms with Crippen LogP contribution in [-0.2, 0) is 4.79 Å². The van der Waals surface area contributed by atoms with Crippen molar-refractivity contribution in [3.63, 3.8) is 0 Å². The Hall–Kier alpha value is -1.55. The first-order valence-corrected chi connectivity index (χ1v) is 8.16. The summed E-state index contributed by atoms with van der Waals surface area (Å²) >= 11 is 8.20. The summed E-state index contributed by atoms with van der Waals surface area (Å²) in [4.78, 5) is 16.2. The van der Waals surface area contributed by atoms with Gasteiger partial charge in [-0.05, 0) is 12.1 Å². The Kier molecular flexibility index (Phi) is 5.23. The van der Waals surface area contributed by atoms with Crippen LogP contribution in [0.3, 0.4) is 0 Å². The lowest BCUT2D eigenvalue weighted by Gasteiger charge is -2.03. The fourth-order valence-electron chi connectivity index (χ4n) is 1.51. The number of nitrogens with one attached hydrogen (secondary N) is 1. The van der Waals surface area contributed by atoms with E-state index in [4.69, 9.17) is 16.9 Å². The van der Waals surface area contributed by atoms with Gasteiger partial charge in [0.2, 0.25) is 5.91 Å². The summed E-state index contributed by atoms with van der Waals surface area (Å²) in [6.45, 7) is 3.63. The van der Waals surface area contributed by atoms with E-state index in [0.29, 0.717) is 15.8 Å². The van der Waals surface area contributed by atoms with E-state index in [2.05, 4.69) is 10.3 Å². The smallest absolute Gasteiger partial charge is 0.228 e. The molecule has 0 saturated heterocycles. The Labute approximate surface area is 136 Å². The normalized spacial score (nSPS) is 10.4. The van der Waals surface area contributed by atoms with Gasteiger partial charge >= 0.3 is 0 Å². The summed E-state index contributed by atoms with van der Waals surface area (Å²) in [6.07, 6.45) is 0. The molecular formula is C14H12ClN3OS2. The molecule has 0 aliphatic rings. The molecule has 1 N–H and O–H groups in total. The number of amides is 1. The van der Waals surface area contributed by atoms with Gasteiger partial charge in [0, 0.05) is 28.3 Å². The molecule has 1 amide bonds. The first kappa shape index (κ1) is 15.8. The summed E-state index contributed by atoms with van der Waals surface area (Å²) < 4.78 is 0.749. The number of halogens is 1. The number of rotatable bonds is 4. The van der Waals surface area contributed by atoms with E-state index in [1.54, 1.807) is 12.1 Å². The molecule has 2 rings (SSSR count). The summed E-state index contributed by atoms with van der Waals surface area (Å²) in [5, 5.41) is 14.8. The molecule has 0 spiro atoms. The molecule has 1 aromatic heterocycles. The number of carbonyl (C=O) groups excluding carboxylic acids is 1. The second kappa shape index (κ2) is 6.94. The number of hydrogen-bond acceptors (Lipinski definition) is 5. The number of hydrogen-bond donors (Lipinski definition) is 1.